The molecule has 6 atom stereocenters. The van der Waals surface area contributed by atoms with Crippen LogP contribution in [0.1, 0.15) is 41.5 Å². The predicted octanol–water partition coefficient (Wildman–Crippen LogP) is -0.801. The molecule has 6 unspecified atom stereocenters. The summed E-state index contributed by atoms with van der Waals surface area (Å²) in [7, 11) is 1.10. The molecule has 0 bridgehead atoms. The Bertz CT molecular complexity index is 714. The van der Waals surface area contributed by atoms with Crippen molar-refractivity contribution in [1.29, 1.82) is 0 Å². The number of methoxy groups -OCH3 is 1. The van der Waals surface area contributed by atoms with Crippen molar-refractivity contribution in [1.82, 2.24) is 0 Å². The molecule has 0 saturated heterocycles. The van der Waals surface area contributed by atoms with Gasteiger partial charge in [0, 0.05) is 0 Å². The molecule has 0 radical (unpaired) electrons. The average molecular weight is 464 g/mol. The number of hydrogen-bond acceptors (Lipinski definition) is 13. The van der Waals surface area contributed by atoms with Crippen LogP contribution in [0.4, 0.5) is 0 Å². The highest BCUT2D eigenvalue weighted by atomic mass is 16.6. The lowest BCUT2D eigenvalue weighted by Crippen LogP contribution is -2.38. The molecule has 0 aliphatic rings. The first-order valence-electron chi connectivity index (χ1n) is 9.49. The number of aliphatic hydroxyl groups is 1. The van der Waals surface area contributed by atoms with Crippen molar-refractivity contribution in [3.05, 3.63) is 0 Å². The summed E-state index contributed by atoms with van der Waals surface area (Å²) in [6.45, 7) is 7.05. The minimum absolute atomic E-state index is 0.808. The van der Waals surface area contributed by atoms with E-state index >= 15 is 0 Å². The molecular formula is C19H28O13. The van der Waals surface area contributed by atoms with E-state index in [1.54, 1.807) is 0 Å². The van der Waals surface area contributed by atoms with E-state index < -0.39 is 72.4 Å². The van der Waals surface area contributed by atoms with E-state index in [4.69, 9.17) is 24.1 Å². The van der Waals surface area contributed by atoms with E-state index in [2.05, 4.69) is 9.47 Å². The lowest BCUT2D eigenvalue weighted by Gasteiger charge is -2.20. The fraction of sp³-hybridized carbons (Fsp3) is 0.684. The van der Waals surface area contributed by atoms with Gasteiger partial charge >= 0.3 is 35.8 Å². The van der Waals surface area contributed by atoms with Gasteiger partial charge in [-0.05, 0) is 41.5 Å². The van der Waals surface area contributed by atoms with Gasteiger partial charge in [-0.15, -0.1) is 0 Å². The average Bonchev–Trinajstić information content (AvgIpc) is 2.71. The molecular weight excluding hydrogens is 436 g/mol. The van der Waals surface area contributed by atoms with E-state index in [1.165, 1.54) is 20.8 Å². The maximum Gasteiger partial charge on any atom is 0.347 e. The van der Waals surface area contributed by atoms with Crippen LogP contribution >= 0.6 is 0 Å². The minimum atomic E-state index is -1.48. The molecule has 0 fully saturated rings. The zero-order chi connectivity index (χ0) is 25.2. The molecule has 32 heavy (non-hydrogen) atoms. The summed E-state index contributed by atoms with van der Waals surface area (Å²) in [6.07, 6.45) is -8.47. The standard InChI is InChI=1S/C19H28O13/c1-8(20)14(21)28-10(3)16(23)30-12(5)18(25)32-13(6)19(26)31-11(4)17(24)29-9(2)15(22)27-7/h8-13,20H,1-7H3. The molecule has 0 rings (SSSR count). The van der Waals surface area contributed by atoms with Gasteiger partial charge in [-0.2, -0.15) is 0 Å². The summed E-state index contributed by atoms with van der Waals surface area (Å²) in [5.41, 5.74) is 0. The van der Waals surface area contributed by atoms with Crippen molar-refractivity contribution < 1.29 is 62.3 Å². The molecule has 0 aliphatic heterocycles. The number of hydrogen-bond donors (Lipinski definition) is 1. The van der Waals surface area contributed by atoms with Crippen LogP contribution in [0, 0.1) is 0 Å². The van der Waals surface area contributed by atoms with Gasteiger partial charge in [0.15, 0.2) is 30.5 Å². The number of ether oxygens (including phenoxy) is 6. The second-order valence-electron chi connectivity index (χ2n) is 6.59. The third-order valence-electron chi connectivity index (χ3n) is 3.67. The largest absolute Gasteiger partial charge is 0.466 e. The third kappa shape index (κ3) is 9.73. The predicted molar refractivity (Wildman–Crippen MR) is 101 cm³/mol. The topological polar surface area (TPSA) is 178 Å². The summed E-state index contributed by atoms with van der Waals surface area (Å²) in [5, 5.41) is 9.05. The Hall–Kier alpha value is -3.22. The normalized spacial score (nSPS) is 16.1. The monoisotopic (exact) mass is 464 g/mol. The van der Waals surface area contributed by atoms with E-state index in [-0.39, 0.29) is 0 Å². The summed E-state index contributed by atoms with van der Waals surface area (Å²) >= 11 is 0. The lowest BCUT2D eigenvalue weighted by molar-refractivity contribution is -0.187. The van der Waals surface area contributed by atoms with Gasteiger partial charge in [-0.3, -0.25) is 0 Å². The van der Waals surface area contributed by atoms with Crippen LogP contribution in [0.3, 0.4) is 0 Å². The van der Waals surface area contributed by atoms with Gasteiger partial charge in [0.2, 0.25) is 0 Å². The Morgan fingerprint density at radius 1 is 0.469 bits per heavy atom. The van der Waals surface area contributed by atoms with Crippen LogP contribution in [-0.4, -0.2) is 84.7 Å². The summed E-state index contributed by atoms with van der Waals surface area (Å²) in [6, 6.07) is 0. The van der Waals surface area contributed by atoms with Crippen molar-refractivity contribution in [2.45, 2.75) is 78.2 Å². The van der Waals surface area contributed by atoms with Crippen molar-refractivity contribution in [3.8, 4) is 0 Å². The number of aliphatic hydroxyl groups excluding tert-OH is 1. The van der Waals surface area contributed by atoms with Crippen molar-refractivity contribution in [2.75, 3.05) is 7.11 Å². The first-order chi connectivity index (χ1) is 14.7. The minimum Gasteiger partial charge on any atom is -0.466 e. The number of carbonyl (C=O) groups excluding carboxylic acids is 6. The smallest absolute Gasteiger partial charge is 0.347 e. The summed E-state index contributed by atoms with van der Waals surface area (Å²) < 4.78 is 28.2. The molecule has 0 aromatic heterocycles. The molecule has 13 heteroatoms. The molecule has 0 saturated carbocycles. The zero-order valence-corrected chi connectivity index (χ0v) is 18.8. The van der Waals surface area contributed by atoms with Crippen molar-refractivity contribution in [2.24, 2.45) is 0 Å². The summed E-state index contributed by atoms with van der Waals surface area (Å²) in [4.78, 5) is 70.2. The van der Waals surface area contributed by atoms with Crippen LogP contribution in [0.25, 0.3) is 0 Å². The van der Waals surface area contributed by atoms with Crippen LogP contribution in [0.15, 0.2) is 0 Å². The van der Waals surface area contributed by atoms with E-state index in [0.29, 0.717) is 0 Å². The van der Waals surface area contributed by atoms with Crippen LogP contribution in [-0.2, 0) is 57.2 Å². The molecule has 0 heterocycles. The Kier molecular flexibility index (Phi) is 11.9. The fourth-order valence-corrected chi connectivity index (χ4v) is 1.76. The van der Waals surface area contributed by atoms with E-state index in [9.17, 15) is 28.8 Å². The van der Waals surface area contributed by atoms with E-state index in [1.807, 2.05) is 0 Å². The second-order valence-corrected chi connectivity index (χ2v) is 6.59. The van der Waals surface area contributed by atoms with Crippen LogP contribution < -0.4 is 0 Å². The van der Waals surface area contributed by atoms with Crippen molar-refractivity contribution >= 4 is 35.8 Å². The maximum absolute atomic E-state index is 12.0. The number of esters is 6. The first kappa shape index (κ1) is 28.8. The third-order valence-corrected chi connectivity index (χ3v) is 3.67. The van der Waals surface area contributed by atoms with Gasteiger partial charge < -0.3 is 33.5 Å². The van der Waals surface area contributed by atoms with Gasteiger partial charge in [0.05, 0.1) is 7.11 Å². The Balaban J connectivity index is 4.65. The lowest BCUT2D eigenvalue weighted by atomic mass is 10.3. The van der Waals surface area contributed by atoms with Gasteiger partial charge in [-0.1, -0.05) is 0 Å². The first-order valence-corrected chi connectivity index (χ1v) is 9.49. The highest BCUT2D eigenvalue weighted by Crippen LogP contribution is 2.08. The van der Waals surface area contributed by atoms with Gasteiger partial charge in [-0.25, -0.2) is 28.8 Å². The highest BCUT2D eigenvalue weighted by Gasteiger charge is 2.31. The Morgan fingerprint density at radius 3 is 0.906 bits per heavy atom. The second kappa shape index (κ2) is 13.2. The molecule has 0 aromatic carbocycles. The van der Waals surface area contributed by atoms with E-state index in [0.717, 1.165) is 27.9 Å². The quantitative estimate of drug-likeness (QED) is 0.297. The van der Waals surface area contributed by atoms with Crippen LogP contribution in [0.5, 0.6) is 0 Å². The molecule has 0 spiro atoms. The molecule has 0 aromatic rings. The van der Waals surface area contributed by atoms with Crippen molar-refractivity contribution in [3.63, 3.8) is 0 Å². The summed E-state index contributed by atoms with van der Waals surface area (Å²) in [5.74, 6) is -6.21. The van der Waals surface area contributed by atoms with Gasteiger partial charge in [0.1, 0.15) is 6.10 Å². The fourth-order valence-electron chi connectivity index (χ4n) is 1.76. The number of carbonyl (C=O) groups is 6. The Morgan fingerprint density at radius 2 is 0.688 bits per heavy atom. The molecule has 0 aliphatic carbocycles. The maximum atomic E-state index is 12.0. The Labute approximate surface area is 184 Å². The molecule has 1 N–H and O–H groups in total. The molecule has 13 nitrogen and oxygen atoms in total. The zero-order valence-electron chi connectivity index (χ0n) is 18.8. The highest BCUT2D eigenvalue weighted by molar-refractivity contribution is 5.86. The number of rotatable bonds is 11. The van der Waals surface area contributed by atoms with Crippen LogP contribution in [0.2, 0.25) is 0 Å². The molecule has 0 amide bonds. The SMILES string of the molecule is COC(=O)C(C)OC(=O)C(C)OC(=O)C(C)OC(=O)C(C)OC(=O)C(C)OC(=O)C(C)O. The van der Waals surface area contributed by atoms with Gasteiger partial charge in [0.25, 0.3) is 0 Å². The molecule has 182 valence electrons.